The average molecular weight is 428 g/mol. The van der Waals surface area contributed by atoms with E-state index in [9.17, 15) is 0 Å². The summed E-state index contributed by atoms with van der Waals surface area (Å²) in [6.07, 6.45) is 4.10. The quantitative estimate of drug-likeness (QED) is 0.294. The van der Waals surface area contributed by atoms with E-state index in [1.54, 1.807) is 7.05 Å². The lowest BCUT2D eigenvalue weighted by Crippen LogP contribution is -2.40. The van der Waals surface area contributed by atoms with Gasteiger partial charge < -0.3 is 19.9 Å². The second-order valence-electron chi connectivity index (χ2n) is 4.88. The van der Waals surface area contributed by atoms with Crippen molar-refractivity contribution in [2.75, 3.05) is 26.7 Å². The number of aliphatic imine (C=N–C) groups is 1. The molecule has 0 fully saturated rings. The number of benzene rings is 1. The molecule has 23 heavy (non-hydrogen) atoms. The van der Waals surface area contributed by atoms with Crippen molar-refractivity contribution in [1.82, 2.24) is 15.2 Å². The maximum absolute atomic E-state index is 5.63. The van der Waals surface area contributed by atoms with E-state index in [0.29, 0.717) is 13.2 Å². The van der Waals surface area contributed by atoms with Gasteiger partial charge in [-0.2, -0.15) is 0 Å². The first-order valence-corrected chi connectivity index (χ1v) is 7.55. The van der Waals surface area contributed by atoms with E-state index in [1.807, 2.05) is 30.3 Å². The minimum absolute atomic E-state index is 0. The molecule has 1 aromatic heterocycles. The maximum Gasteiger partial charge on any atom is 0.191 e. The number of guanidine groups is 1. The van der Waals surface area contributed by atoms with Gasteiger partial charge in [0.15, 0.2) is 5.96 Å². The van der Waals surface area contributed by atoms with E-state index in [4.69, 9.17) is 4.74 Å². The van der Waals surface area contributed by atoms with E-state index in [1.165, 1.54) is 5.56 Å². The van der Waals surface area contributed by atoms with Gasteiger partial charge in [0.2, 0.25) is 0 Å². The first-order chi connectivity index (χ1) is 10.9. The smallest absolute Gasteiger partial charge is 0.191 e. The summed E-state index contributed by atoms with van der Waals surface area (Å²) in [7, 11) is 1.77. The molecule has 0 amide bonds. The van der Waals surface area contributed by atoms with Crippen LogP contribution in [0.1, 0.15) is 5.56 Å². The van der Waals surface area contributed by atoms with Crippen molar-refractivity contribution >= 4 is 29.9 Å². The largest absolute Gasteiger partial charge is 0.375 e. The molecule has 0 spiro atoms. The van der Waals surface area contributed by atoms with Crippen LogP contribution in [-0.4, -0.2) is 37.3 Å². The van der Waals surface area contributed by atoms with Gasteiger partial charge in [-0.1, -0.05) is 30.3 Å². The van der Waals surface area contributed by atoms with Gasteiger partial charge in [-0.25, -0.2) is 0 Å². The number of aromatic nitrogens is 1. The Balaban J connectivity index is 0.00000264. The fourth-order valence-corrected chi connectivity index (χ4v) is 2.05. The number of halogens is 1. The lowest BCUT2D eigenvalue weighted by Gasteiger charge is -2.12. The van der Waals surface area contributed by atoms with Crippen molar-refractivity contribution in [1.29, 1.82) is 0 Å². The van der Waals surface area contributed by atoms with E-state index in [2.05, 4.69) is 44.7 Å². The molecule has 0 saturated heterocycles. The Morgan fingerprint density at radius 2 is 1.74 bits per heavy atom. The molecule has 1 aromatic carbocycles. The van der Waals surface area contributed by atoms with Crippen LogP contribution >= 0.6 is 24.0 Å². The van der Waals surface area contributed by atoms with E-state index in [-0.39, 0.29) is 24.0 Å². The summed E-state index contributed by atoms with van der Waals surface area (Å²) in [5.74, 6) is 0.801. The highest BCUT2D eigenvalue weighted by Gasteiger charge is 1.97. The van der Waals surface area contributed by atoms with Crippen molar-refractivity contribution in [3.8, 4) is 0 Å². The summed E-state index contributed by atoms with van der Waals surface area (Å²) in [6.45, 7) is 3.77. The average Bonchev–Trinajstić information content (AvgIpc) is 3.07. The molecule has 1 heterocycles. The van der Waals surface area contributed by atoms with Gasteiger partial charge in [-0.3, -0.25) is 4.99 Å². The van der Waals surface area contributed by atoms with Gasteiger partial charge in [0, 0.05) is 39.1 Å². The summed E-state index contributed by atoms with van der Waals surface area (Å²) >= 11 is 0. The molecule has 5 nitrogen and oxygen atoms in total. The van der Waals surface area contributed by atoms with Crippen molar-refractivity contribution in [2.45, 2.75) is 13.2 Å². The third kappa shape index (κ3) is 8.03. The van der Waals surface area contributed by atoms with Crippen molar-refractivity contribution in [2.24, 2.45) is 4.99 Å². The Hall–Kier alpha value is -1.54. The van der Waals surface area contributed by atoms with Gasteiger partial charge in [-0.05, 0) is 17.7 Å². The lowest BCUT2D eigenvalue weighted by atomic mass is 10.2. The van der Waals surface area contributed by atoms with Crippen LogP contribution in [0.2, 0.25) is 0 Å². The fourth-order valence-electron chi connectivity index (χ4n) is 2.05. The number of ether oxygens (including phenoxy) is 1. The van der Waals surface area contributed by atoms with E-state index in [0.717, 1.165) is 25.6 Å². The van der Waals surface area contributed by atoms with Crippen LogP contribution in [0.4, 0.5) is 0 Å². The van der Waals surface area contributed by atoms with Gasteiger partial charge in [0.1, 0.15) is 0 Å². The summed E-state index contributed by atoms with van der Waals surface area (Å²) in [5, 5.41) is 6.52. The predicted octanol–water partition coefficient (Wildman–Crippen LogP) is 2.49. The zero-order valence-corrected chi connectivity index (χ0v) is 15.8. The molecule has 0 aliphatic rings. The fraction of sp³-hybridized carbons (Fsp3) is 0.353. The molecule has 0 unspecified atom stereocenters. The van der Waals surface area contributed by atoms with Gasteiger partial charge >= 0.3 is 0 Å². The monoisotopic (exact) mass is 428 g/mol. The van der Waals surface area contributed by atoms with E-state index >= 15 is 0 Å². The third-order valence-corrected chi connectivity index (χ3v) is 3.20. The Morgan fingerprint density at radius 3 is 2.43 bits per heavy atom. The van der Waals surface area contributed by atoms with Crippen molar-refractivity contribution in [3.05, 3.63) is 60.4 Å². The summed E-state index contributed by atoms with van der Waals surface area (Å²) in [4.78, 5) is 4.19. The Labute approximate surface area is 155 Å². The number of hydrogen-bond acceptors (Lipinski definition) is 2. The molecule has 0 atom stereocenters. The molecule has 2 N–H and O–H groups in total. The SMILES string of the molecule is CN=C(NCCOCc1ccccc1)NCCn1cccc1.I. The molecule has 2 aromatic rings. The highest BCUT2D eigenvalue weighted by molar-refractivity contribution is 14.0. The molecule has 0 aliphatic heterocycles. The molecular formula is C17H25IN4O. The second kappa shape index (κ2) is 12.0. The molecular weight excluding hydrogens is 403 g/mol. The van der Waals surface area contributed by atoms with Gasteiger partial charge in [-0.15, -0.1) is 24.0 Å². The van der Waals surface area contributed by atoms with Crippen molar-refractivity contribution in [3.63, 3.8) is 0 Å². The highest BCUT2D eigenvalue weighted by Crippen LogP contribution is 1.99. The first kappa shape index (κ1) is 19.5. The zero-order valence-electron chi connectivity index (χ0n) is 13.4. The standard InChI is InChI=1S/C17H24N4O.HI/c1-18-17(19-9-13-21-11-5-6-12-21)20-10-14-22-15-16-7-3-2-4-8-16;/h2-8,11-12H,9-10,13-15H2,1H3,(H2,18,19,20);1H. The maximum atomic E-state index is 5.63. The van der Waals surface area contributed by atoms with E-state index < -0.39 is 0 Å². The number of nitrogens with zero attached hydrogens (tertiary/aromatic N) is 2. The van der Waals surface area contributed by atoms with Crippen LogP contribution in [0, 0.1) is 0 Å². The molecule has 0 bridgehead atoms. The Morgan fingerprint density at radius 1 is 1.04 bits per heavy atom. The molecule has 0 aliphatic carbocycles. The number of rotatable bonds is 8. The molecule has 0 saturated carbocycles. The van der Waals surface area contributed by atoms with Crippen LogP contribution in [0.25, 0.3) is 0 Å². The Kier molecular flexibility index (Phi) is 10.1. The molecule has 2 rings (SSSR count). The topological polar surface area (TPSA) is 50.6 Å². The summed E-state index contributed by atoms with van der Waals surface area (Å²) in [5.41, 5.74) is 1.19. The lowest BCUT2D eigenvalue weighted by molar-refractivity contribution is 0.125. The predicted molar refractivity (Wildman–Crippen MR) is 105 cm³/mol. The number of nitrogens with one attached hydrogen (secondary N) is 2. The van der Waals surface area contributed by atoms with Crippen LogP contribution in [-0.2, 0) is 17.9 Å². The van der Waals surface area contributed by atoms with Crippen molar-refractivity contribution < 1.29 is 4.74 Å². The third-order valence-electron chi connectivity index (χ3n) is 3.20. The summed E-state index contributed by atoms with van der Waals surface area (Å²) in [6, 6.07) is 14.2. The van der Waals surface area contributed by atoms with Crippen LogP contribution in [0.15, 0.2) is 59.9 Å². The zero-order chi connectivity index (χ0) is 15.5. The number of hydrogen-bond donors (Lipinski definition) is 2. The second-order valence-corrected chi connectivity index (χ2v) is 4.88. The minimum Gasteiger partial charge on any atom is -0.375 e. The minimum atomic E-state index is 0. The van der Waals surface area contributed by atoms with Gasteiger partial charge in [0.25, 0.3) is 0 Å². The first-order valence-electron chi connectivity index (χ1n) is 7.55. The highest BCUT2D eigenvalue weighted by atomic mass is 127. The molecule has 126 valence electrons. The van der Waals surface area contributed by atoms with Crippen LogP contribution < -0.4 is 10.6 Å². The molecule has 0 radical (unpaired) electrons. The summed E-state index contributed by atoms with van der Waals surface area (Å²) < 4.78 is 7.76. The normalized spacial score (nSPS) is 10.9. The Bertz CT molecular complexity index is 543. The molecule has 6 heteroatoms. The van der Waals surface area contributed by atoms with Crippen LogP contribution in [0.3, 0.4) is 0 Å². The van der Waals surface area contributed by atoms with Gasteiger partial charge in [0.05, 0.1) is 13.2 Å². The van der Waals surface area contributed by atoms with Crippen LogP contribution in [0.5, 0.6) is 0 Å².